The zero-order valence-corrected chi connectivity index (χ0v) is 28.4. The summed E-state index contributed by atoms with van der Waals surface area (Å²) >= 11 is 0. The predicted molar refractivity (Wildman–Crippen MR) is 215 cm³/mol. The van der Waals surface area contributed by atoms with Gasteiger partial charge in [0.25, 0.3) is 0 Å². The fourth-order valence-corrected chi connectivity index (χ4v) is 6.95. The van der Waals surface area contributed by atoms with Gasteiger partial charge in [0, 0.05) is 40.8 Å². The summed E-state index contributed by atoms with van der Waals surface area (Å²) in [6, 6.07) is 59.8. The highest BCUT2D eigenvalue weighted by atomic mass is 15.1. The van der Waals surface area contributed by atoms with Crippen molar-refractivity contribution in [1.29, 1.82) is 0 Å². The lowest BCUT2D eigenvalue weighted by molar-refractivity contribution is 0.664. The number of hydrogen-bond acceptors (Lipinski definition) is 4. The van der Waals surface area contributed by atoms with Crippen molar-refractivity contribution in [2.45, 2.75) is 6.17 Å². The van der Waals surface area contributed by atoms with Crippen LogP contribution < -0.4 is 5.32 Å². The van der Waals surface area contributed by atoms with Crippen LogP contribution in [0.2, 0.25) is 0 Å². The second-order valence-electron chi connectivity index (χ2n) is 13.0. The second kappa shape index (κ2) is 13.8. The monoisotopic (exact) mass is 666 g/mol. The largest absolute Gasteiger partial charge is 0.360 e. The number of fused-ring (bicyclic) bond motifs is 1. The Hall–Kier alpha value is -6.91. The van der Waals surface area contributed by atoms with Gasteiger partial charge in [-0.25, -0.2) is 0 Å². The molecule has 4 heteroatoms. The van der Waals surface area contributed by atoms with Crippen LogP contribution >= 0.6 is 0 Å². The molecule has 1 aliphatic rings. The van der Waals surface area contributed by atoms with Gasteiger partial charge in [0.15, 0.2) is 0 Å². The molecule has 0 fully saturated rings. The van der Waals surface area contributed by atoms with Crippen LogP contribution in [0, 0.1) is 0 Å². The van der Waals surface area contributed by atoms with Crippen LogP contribution in [0.1, 0.15) is 22.9 Å². The molecule has 0 aliphatic carbocycles. The van der Waals surface area contributed by atoms with E-state index in [2.05, 4.69) is 162 Å². The SMILES string of the molecule is C1=C(c2ccc(-c3ccccc3)cc2)NC(c2ccccc2)N=C1c1cc(-c2ccc(-c3cccnc3)cc2)cc(-c2cccc3cccnc23)c1. The Labute approximate surface area is 303 Å². The maximum Gasteiger partial charge on any atom is 0.145 e. The molecule has 0 saturated heterocycles. The summed E-state index contributed by atoms with van der Waals surface area (Å²) in [5, 5.41) is 4.85. The van der Waals surface area contributed by atoms with Crippen molar-refractivity contribution in [2.24, 2.45) is 4.99 Å². The zero-order valence-electron chi connectivity index (χ0n) is 28.4. The topological polar surface area (TPSA) is 50.2 Å². The lowest BCUT2D eigenvalue weighted by Gasteiger charge is -2.25. The minimum atomic E-state index is -0.255. The molecular formula is C48H34N4. The Balaban J connectivity index is 1.19. The average Bonchev–Trinajstić information content (AvgIpc) is 3.24. The van der Waals surface area contributed by atoms with Crippen LogP contribution in [-0.4, -0.2) is 15.7 Å². The fourth-order valence-electron chi connectivity index (χ4n) is 6.95. The number of hydrogen-bond donors (Lipinski definition) is 1. The molecule has 0 spiro atoms. The van der Waals surface area contributed by atoms with Gasteiger partial charge in [-0.05, 0) is 86.5 Å². The molecule has 1 unspecified atom stereocenters. The summed E-state index contributed by atoms with van der Waals surface area (Å²) in [5.74, 6) is 0. The van der Waals surface area contributed by atoms with Gasteiger partial charge < -0.3 is 5.32 Å². The van der Waals surface area contributed by atoms with Gasteiger partial charge in [-0.2, -0.15) is 0 Å². The van der Waals surface area contributed by atoms with Gasteiger partial charge >= 0.3 is 0 Å². The first-order valence-corrected chi connectivity index (χ1v) is 17.5. The van der Waals surface area contributed by atoms with Crippen LogP contribution in [0.5, 0.6) is 0 Å². The van der Waals surface area contributed by atoms with Crippen molar-refractivity contribution in [3.05, 3.63) is 211 Å². The van der Waals surface area contributed by atoms with E-state index in [1.165, 1.54) is 11.1 Å². The quantitative estimate of drug-likeness (QED) is 0.184. The molecule has 8 aromatic rings. The molecule has 52 heavy (non-hydrogen) atoms. The first-order chi connectivity index (χ1) is 25.7. The van der Waals surface area contributed by atoms with Crippen molar-refractivity contribution in [3.8, 4) is 44.5 Å². The highest BCUT2D eigenvalue weighted by molar-refractivity contribution is 6.14. The molecule has 9 rings (SSSR count). The van der Waals surface area contributed by atoms with E-state index >= 15 is 0 Å². The summed E-state index contributed by atoms with van der Waals surface area (Å²) in [6.45, 7) is 0. The molecule has 6 aromatic carbocycles. The van der Waals surface area contributed by atoms with Crippen molar-refractivity contribution in [1.82, 2.24) is 15.3 Å². The third-order valence-corrected chi connectivity index (χ3v) is 9.65. The van der Waals surface area contributed by atoms with Crippen molar-refractivity contribution >= 4 is 22.3 Å². The van der Waals surface area contributed by atoms with E-state index in [4.69, 9.17) is 9.98 Å². The van der Waals surface area contributed by atoms with E-state index in [9.17, 15) is 0 Å². The second-order valence-corrected chi connectivity index (χ2v) is 13.0. The summed E-state index contributed by atoms with van der Waals surface area (Å²) in [6.07, 6.45) is 7.51. The van der Waals surface area contributed by atoms with E-state index in [-0.39, 0.29) is 6.17 Å². The molecule has 1 aliphatic heterocycles. The Kier molecular flexibility index (Phi) is 8.24. The van der Waals surface area contributed by atoms with E-state index in [1.807, 2.05) is 36.7 Å². The van der Waals surface area contributed by atoms with Gasteiger partial charge in [0.05, 0.1) is 11.2 Å². The number of nitrogens with one attached hydrogen (secondary N) is 1. The van der Waals surface area contributed by atoms with Gasteiger partial charge in [0.1, 0.15) is 6.17 Å². The molecule has 0 radical (unpaired) electrons. The maximum atomic E-state index is 5.36. The lowest BCUT2D eigenvalue weighted by atomic mass is 9.91. The van der Waals surface area contributed by atoms with Crippen molar-refractivity contribution in [3.63, 3.8) is 0 Å². The number of rotatable bonds is 7. The highest BCUT2D eigenvalue weighted by Gasteiger charge is 2.21. The van der Waals surface area contributed by atoms with Gasteiger partial charge in [0.2, 0.25) is 0 Å². The molecule has 0 bridgehead atoms. The van der Waals surface area contributed by atoms with Crippen LogP contribution in [-0.2, 0) is 0 Å². The fraction of sp³-hybridized carbons (Fsp3) is 0.0208. The third-order valence-electron chi connectivity index (χ3n) is 9.65. The van der Waals surface area contributed by atoms with Crippen LogP contribution in [0.3, 0.4) is 0 Å². The average molecular weight is 667 g/mol. The van der Waals surface area contributed by atoms with E-state index in [0.29, 0.717) is 0 Å². The van der Waals surface area contributed by atoms with E-state index < -0.39 is 0 Å². The highest BCUT2D eigenvalue weighted by Crippen LogP contribution is 2.35. The van der Waals surface area contributed by atoms with Crippen LogP contribution in [0.25, 0.3) is 61.1 Å². The van der Waals surface area contributed by atoms with Crippen molar-refractivity contribution in [2.75, 3.05) is 0 Å². The van der Waals surface area contributed by atoms with Crippen molar-refractivity contribution < 1.29 is 0 Å². The molecular weight excluding hydrogens is 633 g/mol. The number of nitrogens with zero attached hydrogens (tertiary/aromatic N) is 3. The Morgan fingerprint density at radius 2 is 1.04 bits per heavy atom. The number of benzene rings is 6. The Morgan fingerprint density at radius 3 is 1.79 bits per heavy atom. The number of para-hydroxylation sites is 1. The van der Waals surface area contributed by atoms with Gasteiger partial charge in [-0.15, -0.1) is 0 Å². The summed E-state index contributed by atoms with van der Waals surface area (Å²) < 4.78 is 0. The third kappa shape index (κ3) is 6.30. The summed E-state index contributed by atoms with van der Waals surface area (Å²) in [4.78, 5) is 14.5. The smallest absolute Gasteiger partial charge is 0.145 e. The minimum absolute atomic E-state index is 0.255. The minimum Gasteiger partial charge on any atom is -0.360 e. The van der Waals surface area contributed by atoms with Gasteiger partial charge in [-0.1, -0.05) is 140 Å². The first-order valence-electron chi connectivity index (χ1n) is 17.5. The number of aromatic nitrogens is 2. The number of pyridine rings is 2. The molecule has 3 heterocycles. The van der Waals surface area contributed by atoms with E-state index in [1.54, 1.807) is 6.20 Å². The number of allylic oxidation sites excluding steroid dienone is 1. The molecule has 4 nitrogen and oxygen atoms in total. The summed E-state index contributed by atoms with van der Waals surface area (Å²) in [7, 11) is 0. The van der Waals surface area contributed by atoms with Crippen LogP contribution in [0.15, 0.2) is 200 Å². The first kappa shape index (κ1) is 31.1. The molecule has 246 valence electrons. The van der Waals surface area contributed by atoms with E-state index in [0.717, 1.165) is 72.4 Å². The standard InChI is InChI=1S/C48H34N4/c1-3-10-33(11-4-1)34-22-24-37(25-23-34)45-31-46(52-48(51-45)39-12-5-2-6-13-39)43-29-41(36-20-18-35(19-21-36)40-16-8-26-49-32-40)28-42(30-43)44-17-7-14-38-15-9-27-50-47(38)44/h1-32,48,51H. The maximum absolute atomic E-state index is 5.36. The lowest BCUT2D eigenvalue weighted by Crippen LogP contribution is -2.24. The summed E-state index contributed by atoms with van der Waals surface area (Å²) in [5.41, 5.74) is 15.2. The van der Waals surface area contributed by atoms with Gasteiger partial charge in [-0.3, -0.25) is 15.0 Å². The Morgan fingerprint density at radius 1 is 0.442 bits per heavy atom. The molecule has 1 atom stereocenters. The predicted octanol–water partition coefficient (Wildman–Crippen LogP) is 11.4. The normalized spacial score (nSPS) is 14.0. The Bertz CT molecular complexity index is 2550. The molecule has 0 amide bonds. The molecule has 1 N–H and O–H groups in total. The number of aliphatic imine (C=N–C) groups is 1. The zero-order chi connectivity index (χ0) is 34.7. The molecule has 2 aromatic heterocycles. The van der Waals surface area contributed by atoms with Crippen LogP contribution in [0.4, 0.5) is 0 Å². The molecule has 0 saturated carbocycles.